The van der Waals surface area contributed by atoms with Crippen LogP contribution < -0.4 is 0 Å². The average Bonchev–Trinajstić information content (AvgIpc) is 2.09. The molecule has 0 amide bonds. The molecule has 0 heterocycles. The van der Waals surface area contributed by atoms with Crippen molar-refractivity contribution in [3.05, 3.63) is 34.3 Å². The zero-order chi connectivity index (χ0) is 10.7. The number of halogens is 1. The number of carboxylic acid groups (broad SMARTS) is 1. The van der Waals surface area contributed by atoms with E-state index in [-0.39, 0.29) is 0 Å². The van der Waals surface area contributed by atoms with Gasteiger partial charge in [-0.05, 0) is 30.5 Å². The number of carboxylic acids is 1. The van der Waals surface area contributed by atoms with Crippen LogP contribution >= 0.6 is 11.6 Å². The van der Waals surface area contributed by atoms with Crippen molar-refractivity contribution in [3.63, 3.8) is 0 Å². The summed E-state index contributed by atoms with van der Waals surface area (Å²) in [6.45, 7) is 3.77. The highest BCUT2D eigenvalue weighted by Gasteiger charge is 2.19. The molecule has 2 nitrogen and oxygen atoms in total. The average molecular weight is 213 g/mol. The summed E-state index contributed by atoms with van der Waals surface area (Å²) in [7, 11) is 0. The Morgan fingerprint density at radius 1 is 1.57 bits per heavy atom. The van der Waals surface area contributed by atoms with Crippen molar-refractivity contribution >= 4 is 17.6 Å². The van der Waals surface area contributed by atoms with Crippen LogP contribution in [0.2, 0.25) is 5.02 Å². The minimum atomic E-state index is -0.821. The van der Waals surface area contributed by atoms with Gasteiger partial charge in [-0.25, -0.2) is 0 Å². The van der Waals surface area contributed by atoms with Gasteiger partial charge in [0.05, 0.1) is 5.92 Å². The van der Waals surface area contributed by atoms with Crippen molar-refractivity contribution in [2.24, 2.45) is 0 Å². The normalized spacial score (nSPS) is 12.5. The van der Waals surface area contributed by atoms with Gasteiger partial charge in [0.1, 0.15) is 0 Å². The van der Waals surface area contributed by atoms with Crippen LogP contribution in [0.3, 0.4) is 0 Å². The van der Waals surface area contributed by atoms with Gasteiger partial charge in [0.15, 0.2) is 0 Å². The maximum atomic E-state index is 10.9. The van der Waals surface area contributed by atoms with Gasteiger partial charge in [-0.1, -0.05) is 30.7 Å². The first kappa shape index (κ1) is 11.1. The number of hydrogen-bond donors (Lipinski definition) is 1. The van der Waals surface area contributed by atoms with Crippen molar-refractivity contribution in [2.75, 3.05) is 0 Å². The minimum absolute atomic E-state index is 0.497. The van der Waals surface area contributed by atoms with Crippen molar-refractivity contribution in [1.29, 1.82) is 0 Å². The molecule has 0 spiro atoms. The molecule has 1 unspecified atom stereocenters. The molecule has 0 bridgehead atoms. The quantitative estimate of drug-likeness (QED) is 0.835. The van der Waals surface area contributed by atoms with Gasteiger partial charge in [-0.15, -0.1) is 0 Å². The number of rotatable bonds is 3. The van der Waals surface area contributed by atoms with Gasteiger partial charge in [0.2, 0.25) is 0 Å². The largest absolute Gasteiger partial charge is 0.481 e. The molecule has 1 atom stereocenters. The second-order valence-electron chi connectivity index (χ2n) is 3.32. The van der Waals surface area contributed by atoms with Crippen LogP contribution in [0.5, 0.6) is 0 Å². The molecule has 14 heavy (non-hydrogen) atoms. The third kappa shape index (κ3) is 2.26. The fourth-order valence-electron chi connectivity index (χ4n) is 1.44. The standard InChI is InChI=1S/C11H13ClO2/c1-3-8(11(13)14)9-5-4-7(2)6-10(9)12/h4-6,8H,3H2,1-2H3,(H,13,14). The van der Waals surface area contributed by atoms with E-state index in [0.29, 0.717) is 17.0 Å². The number of benzene rings is 1. The summed E-state index contributed by atoms with van der Waals surface area (Å²) in [5.74, 6) is -1.32. The molecular weight excluding hydrogens is 200 g/mol. The SMILES string of the molecule is CCC(C(=O)O)c1ccc(C)cc1Cl. The molecule has 0 fully saturated rings. The molecule has 0 aromatic heterocycles. The molecule has 1 N–H and O–H groups in total. The fourth-order valence-corrected chi connectivity index (χ4v) is 1.81. The smallest absolute Gasteiger partial charge is 0.311 e. The number of aryl methyl sites for hydroxylation is 1. The summed E-state index contributed by atoms with van der Waals surface area (Å²) < 4.78 is 0. The van der Waals surface area contributed by atoms with E-state index >= 15 is 0 Å². The first-order valence-electron chi connectivity index (χ1n) is 4.55. The van der Waals surface area contributed by atoms with E-state index in [1.54, 1.807) is 12.1 Å². The third-order valence-corrected chi connectivity index (χ3v) is 2.57. The predicted octanol–water partition coefficient (Wildman–Crippen LogP) is 3.23. The van der Waals surface area contributed by atoms with Gasteiger partial charge >= 0.3 is 5.97 Å². The first-order valence-corrected chi connectivity index (χ1v) is 4.93. The second-order valence-corrected chi connectivity index (χ2v) is 3.73. The molecule has 1 aromatic rings. The van der Waals surface area contributed by atoms with Crippen molar-refractivity contribution in [2.45, 2.75) is 26.2 Å². The molecule has 0 aliphatic heterocycles. The van der Waals surface area contributed by atoms with Crippen molar-refractivity contribution in [1.82, 2.24) is 0 Å². The molecule has 0 saturated carbocycles. The Bertz CT molecular complexity index is 347. The van der Waals surface area contributed by atoms with E-state index < -0.39 is 11.9 Å². The maximum Gasteiger partial charge on any atom is 0.311 e. The molecule has 1 rings (SSSR count). The van der Waals surface area contributed by atoms with Gasteiger partial charge in [0.25, 0.3) is 0 Å². The third-order valence-electron chi connectivity index (χ3n) is 2.24. The lowest BCUT2D eigenvalue weighted by molar-refractivity contribution is -0.138. The summed E-state index contributed by atoms with van der Waals surface area (Å²) in [5.41, 5.74) is 1.74. The van der Waals surface area contributed by atoms with E-state index in [0.717, 1.165) is 5.56 Å². The number of aliphatic carboxylic acids is 1. The van der Waals surface area contributed by atoms with Gasteiger partial charge < -0.3 is 5.11 Å². The maximum absolute atomic E-state index is 10.9. The number of hydrogen-bond acceptors (Lipinski definition) is 1. The Labute approximate surface area is 88.5 Å². The fraction of sp³-hybridized carbons (Fsp3) is 0.364. The predicted molar refractivity (Wildman–Crippen MR) is 56.9 cm³/mol. The summed E-state index contributed by atoms with van der Waals surface area (Å²) in [5, 5.41) is 9.50. The van der Waals surface area contributed by atoms with E-state index in [1.807, 2.05) is 19.9 Å². The zero-order valence-corrected chi connectivity index (χ0v) is 9.01. The van der Waals surface area contributed by atoms with Crippen LogP contribution in [0.1, 0.15) is 30.4 Å². The summed E-state index contributed by atoms with van der Waals surface area (Å²) in [6.07, 6.45) is 0.554. The van der Waals surface area contributed by atoms with Crippen LogP contribution in [0.15, 0.2) is 18.2 Å². The highest BCUT2D eigenvalue weighted by atomic mass is 35.5. The Hall–Kier alpha value is -1.02. The molecule has 3 heteroatoms. The Morgan fingerprint density at radius 2 is 2.21 bits per heavy atom. The van der Waals surface area contributed by atoms with Gasteiger partial charge in [-0.2, -0.15) is 0 Å². The summed E-state index contributed by atoms with van der Waals surface area (Å²) in [4.78, 5) is 10.9. The molecule has 0 aliphatic carbocycles. The topological polar surface area (TPSA) is 37.3 Å². The van der Waals surface area contributed by atoms with Crippen LogP contribution in [0.4, 0.5) is 0 Å². The van der Waals surface area contributed by atoms with Crippen molar-refractivity contribution in [3.8, 4) is 0 Å². The second kappa shape index (κ2) is 4.47. The monoisotopic (exact) mass is 212 g/mol. The molecule has 1 aromatic carbocycles. The Balaban J connectivity index is 3.10. The van der Waals surface area contributed by atoms with Crippen LogP contribution in [0, 0.1) is 6.92 Å². The number of carbonyl (C=O) groups is 1. The van der Waals surface area contributed by atoms with E-state index in [9.17, 15) is 4.79 Å². The highest BCUT2D eigenvalue weighted by molar-refractivity contribution is 6.31. The highest BCUT2D eigenvalue weighted by Crippen LogP contribution is 2.27. The van der Waals surface area contributed by atoms with E-state index in [2.05, 4.69) is 0 Å². The molecule has 0 aliphatic rings. The lowest BCUT2D eigenvalue weighted by Crippen LogP contribution is -2.10. The first-order chi connectivity index (χ1) is 6.56. The Morgan fingerprint density at radius 3 is 2.64 bits per heavy atom. The molecule has 0 radical (unpaired) electrons. The van der Waals surface area contributed by atoms with Crippen LogP contribution in [-0.4, -0.2) is 11.1 Å². The van der Waals surface area contributed by atoms with Crippen LogP contribution in [0.25, 0.3) is 0 Å². The van der Waals surface area contributed by atoms with E-state index in [4.69, 9.17) is 16.7 Å². The molecule has 0 saturated heterocycles. The lowest BCUT2D eigenvalue weighted by Gasteiger charge is -2.12. The minimum Gasteiger partial charge on any atom is -0.481 e. The van der Waals surface area contributed by atoms with Crippen LogP contribution in [-0.2, 0) is 4.79 Å². The summed E-state index contributed by atoms with van der Waals surface area (Å²) in [6, 6.07) is 5.47. The van der Waals surface area contributed by atoms with Gasteiger partial charge in [-0.3, -0.25) is 4.79 Å². The lowest BCUT2D eigenvalue weighted by atomic mass is 9.96. The summed E-state index contributed by atoms with van der Waals surface area (Å²) >= 11 is 5.98. The van der Waals surface area contributed by atoms with E-state index in [1.165, 1.54) is 0 Å². The molecule has 76 valence electrons. The van der Waals surface area contributed by atoms with Gasteiger partial charge in [0, 0.05) is 5.02 Å². The molecular formula is C11H13ClO2. The van der Waals surface area contributed by atoms with Crippen molar-refractivity contribution < 1.29 is 9.90 Å². The Kier molecular flexibility index (Phi) is 3.53. The zero-order valence-electron chi connectivity index (χ0n) is 8.25.